The molecule has 0 unspecified atom stereocenters. The Morgan fingerprint density at radius 3 is 3.29 bits per heavy atom. The minimum Gasteiger partial charge on any atom is -0.478 e. The molecule has 0 radical (unpaired) electrons. The van der Waals surface area contributed by atoms with Crippen LogP contribution in [0.25, 0.3) is 6.08 Å². The first-order valence-electron chi connectivity index (χ1n) is 4.39. The second-order valence-corrected chi connectivity index (χ2v) is 3.12. The van der Waals surface area contributed by atoms with E-state index in [9.17, 15) is 4.79 Å². The molecule has 2 rings (SSSR count). The van der Waals surface area contributed by atoms with Gasteiger partial charge in [0.15, 0.2) is 0 Å². The minimum absolute atomic E-state index is 0.829. The summed E-state index contributed by atoms with van der Waals surface area (Å²) in [5, 5.41) is 11.6. The van der Waals surface area contributed by atoms with Crippen molar-refractivity contribution < 1.29 is 9.90 Å². The van der Waals surface area contributed by atoms with E-state index in [1.54, 1.807) is 12.3 Å². The molecule has 0 bridgehead atoms. The number of aromatic nitrogens is 1. The van der Waals surface area contributed by atoms with E-state index in [0.29, 0.717) is 0 Å². The quantitative estimate of drug-likeness (QED) is 0.686. The van der Waals surface area contributed by atoms with Crippen LogP contribution in [0.4, 0.5) is 5.82 Å². The molecule has 0 spiro atoms. The Balaban J connectivity index is 2.25. The third kappa shape index (κ3) is 1.74. The lowest BCUT2D eigenvalue weighted by Crippen LogP contribution is -1.92. The number of pyridine rings is 1. The molecule has 1 aromatic heterocycles. The van der Waals surface area contributed by atoms with Gasteiger partial charge in [0.05, 0.1) is 0 Å². The average Bonchev–Trinajstić information content (AvgIpc) is 2.61. The van der Waals surface area contributed by atoms with Crippen LogP contribution in [-0.4, -0.2) is 22.6 Å². The molecule has 0 saturated heterocycles. The van der Waals surface area contributed by atoms with Crippen LogP contribution in [0.15, 0.2) is 18.3 Å². The van der Waals surface area contributed by atoms with Crippen molar-refractivity contribution in [3.05, 3.63) is 29.5 Å². The van der Waals surface area contributed by atoms with Crippen molar-refractivity contribution in [2.75, 3.05) is 11.9 Å². The number of rotatable bonds is 2. The van der Waals surface area contributed by atoms with E-state index in [2.05, 4.69) is 10.3 Å². The smallest absolute Gasteiger partial charge is 0.328 e. The number of hydrogen-bond acceptors (Lipinski definition) is 3. The van der Waals surface area contributed by atoms with Gasteiger partial charge in [0.25, 0.3) is 0 Å². The van der Waals surface area contributed by atoms with Gasteiger partial charge in [-0.15, -0.1) is 0 Å². The molecule has 4 heteroatoms. The Bertz CT molecular complexity index is 399. The molecule has 0 atom stereocenters. The van der Waals surface area contributed by atoms with Gasteiger partial charge in [-0.1, -0.05) is 0 Å². The molecule has 2 N–H and O–H groups in total. The maximum Gasteiger partial charge on any atom is 0.328 e. The Morgan fingerprint density at radius 2 is 2.50 bits per heavy atom. The third-order valence-electron chi connectivity index (χ3n) is 2.09. The van der Waals surface area contributed by atoms with Gasteiger partial charge in [-0.25, -0.2) is 9.78 Å². The Labute approximate surface area is 81.3 Å². The standard InChI is InChI=1S/C10H10N2O2/c13-9(14)2-1-7-5-8-3-4-11-10(8)12-6-7/h1-2,5-6H,3-4H2,(H,11,12)(H,13,14). The fourth-order valence-electron chi connectivity index (χ4n) is 1.45. The number of aliphatic carboxylic acids is 1. The molecule has 0 aliphatic carbocycles. The molecule has 0 amide bonds. The summed E-state index contributed by atoms with van der Waals surface area (Å²) in [4.78, 5) is 14.5. The van der Waals surface area contributed by atoms with E-state index >= 15 is 0 Å². The predicted molar refractivity (Wildman–Crippen MR) is 53.1 cm³/mol. The Morgan fingerprint density at radius 1 is 1.64 bits per heavy atom. The third-order valence-corrected chi connectivity index (χ3v) is 2.09. The van der Waals surface area contributed by atoms with E-state index in [0.717, 1.165) is 36.0 Å². The van der Waals surface area contributed by atoms with Crippen LogP contribution in [0.3, 0.4) is 0 Å². The second-order valence-electron chi connectivity index (χ2n) is 3.12. The van der Waals surface area contributed by atoms with Crippen LogP contribution >= 0.6 is 0 Å². The van der Waals surface area contributed by atoms with Crippen LogP contribution < -0.4 is 5.32 Å². The lowest BCUT2D eigenvalue weighted by molar-refractivity contribution is -0.131. The van der Waals surface area contributed by atoms with Gasteiger partial charge in [-0.2, -0.15) is 0 Å². The molecule has 72 valence electrons. The summed E-state index contributed by atoms with van der Waals surface area (Å²) in [5.41, 5.74) is 1.98. The predicted octanol–water partition coefficient (Wildman–Crippen LogP) is 1.15. The van der Waals surface area contributed by atoms with Crippen molar-refractivity contribution in [2.24, 2.45) is 0 Å². The summed E-state index contributed by atoms with van der Waals surface area (Å²) in [7, 11) is 0. The Hall–Kier alpha value is -1.84. The first kappa shape index (κ1) is 8.74. The number of carboxylic acid groups (broad SMARTS) is 1. The van der Waals surface area contributed by atoms with Crippen LogP contribution in [0.1, 0.15) is 11.1 Å². The lowest BCUT2D eigenvalue weighted by Gasteiger charge is -1.98. The normalized spacial score (nSPS) is 14.0. The van der Waals surface area contributed by atoms with E-state index in [1.165, 1.54) is 0 Å². The zero-order valence-electron chi connectivity index (χ0n) is 7.53. The molecule has 0 aromatic carbocycles. The van der Waals surface area contributed by atoms with Crippen molar-refractivity contribution in [3.63, 3.8) is 0 Å². The van der Waals surface area contributed by atoms with Crippen LogP contribution in [0.2, 0.25) is 0 Å². The molecular weight excluding hydrogens is 180 g/mol. The number of carboxylic acids is 1. The van der Waals surface area contributed by atoms with Gasteiger partial charge < -0.3 is 10.4 Å². The van der Waals surface area contributed by atoms with Crippen molar-refractivity contribution in [2.45, 2.75) is 6.42 Å². The number of nitrogens with one attached hydrogen (secondary N) is 1. The summed E-state index contributed by atoms with van der Waals surface area (Å²) in [5.74, 6) is -0.0268. The number of hydrogen-bond donors (Lipinski definition) is 2. The lowest BCUT2D eigenvalue weighted by atomic mass is 10.1. The average molecular weight is 190 g/mol. The first-order chi connectivity index (χ1) is 6.75. The summed E-state index contributed by atoms with van der Waals surface area (Å²) in [6.45, 7) is 0.911. The number of fused-ring (bicyclic) bond motifs is 1. The SMILES string of the molecule is O=C(O)C=Cc1cnc2c(c1)CCN2. The zero-order chi connectivity index (χ0) is 9.97. The minimum atomic E-state index is -0.941. The first-order valence-corrected chi connectivity index (χ1v) is 4.39. The van der Waals surface area contributed by atoms with Crippen molar-refractivity contribution in [1.29, 1.82) is 0 Å². The summed E-state index contributed by atoms with van der Waals surface area (Å²) in [6, 6.07) is 1.96. The zero-order valence-corrected chi connectivity index (χ0v) is 7.53. The fourth-order valence-corrected chi connectivity index (χ4v) is 1.45. The van der Waals surface area contributed by atoms with Crippen molar-refractivity contribution in [1.82, 2.24) is 4.98 Å². The van der Waals surface area contributed by atoms with Gasteiger partial charge >= 0.3 is 5.97 Å². The summed E-state index contributed by atoms with van der Waals surface area (Å²) >= 11 is 0. The highest BCUT2D eigenvalue weighted by Gasteiger charge is 2.10. The van der Waals surface area contributed by atoms with Crippen molar-refractivity contribution in [3.8, 4) is 0 Å². The Kier molecular flexibility index (Phi) is 2.18. The summed E-state index contributed by atoms with van der Waals surface area (Å²) < 4.78 is 0. The molecule has 1 aliphatic rings. The number of anilines is 1. The van der Waals surface area contributed by atoms with E-state index in [-0.39, 0.29) is 0 Å². The molecule has 1 aliphatic heterocycles. The summed E-state index contributed by atoms with van der Waals surface area (Å²) in [6.07, 6.45) is 5.29. The molecule has 1 aromatic rings. The largest absolute Gasteiger partial charge is 0.478 e. The molecule has 0 saturated carbocycles. The highest BCUT2D eigenvalue weighted by Crippen LogP contribution is 2.20. The molecule has 14 heavy (non-hydrogen) atoms. The maximum atomic E-state index is 10.3. The van der Waals surface area contributed by atoms with E-state index in [1.807, 2.05) is 6.07 Å². The van der Waals surface area contributed by atoms with Crippen LogP contribution in [0, 0.1) is 0 Å². The van der Waals surface area contributed by atoms with Gasteiger partial charge in [-0.3, -0.25) is 0 Å². The van der Waals surface area contributed by atoms with Crippen LogP contribution in [0.5, 0.6) is 0 Å². The number of carbonyl (C=O) groups is 1. The molecule has 0 fully saturated rings. The monoisotopic (exact) mass is 190 g/mol. The second kappa shape index (κ2) is 3.49. The number of nitrogens with zero attached hydrogens (tertiary/aromatic N) is 1. The highest BCUT2D eigenvalue weighted by atomic mass is 16.4. The fraction of sp³-hybridized carbons (Fsp3) is 0.200. The molecular formula is C10H10N2O2. The van der Waals surface area contributed by atoms with Gasteiger partial charge in [-0.05, 0) is 29.7 Å². The van der Waals surface area contributed by atoms with Gasteiger partial charge in [0.1, 0.15) is 5.82 Å². The van der Waals surface area contributed by atoms with Gasteiger partial charge in [0.2, 0.25) is 0 Å². The maximum absolute atomic E-state index is 10.3. The highest BCUT2D eigenvalue weighted by molar-refractivity contribution is 5.85. The molecule has 2 heterocycles. The topological polar surface area (TPSA) is 62.2 Å². The van der Waals surface area contributed by atoms with Crippen molar-refractivity contribution >= 4 is 17.9 Å². The van der Waals surface area contributed by atoms with Crippen LogP contribution in [-0.2, 0) is 11.2 Å². The molecule has 4 nitrogen and oxygen atoms in total. The van der Waals surface area contributed by atoms with E-state index < -0.39 is 5.97 Å². The van der Waals surface area contributed by atoms with Gasteiger partial charge in [0, 0.05) is 18.8 Å². The van der Waals surface area contributed by atoms with E-state index in [4.69, 9.17) is 5.11 Å².